The minimum atomic E-state index is -0.396. The first kappa shape index (κ1) is 13.5. The molecule has 1 aliphatic carbocycles. The van der Waals surface area contributed by atoms with Crippen LogP contribution in [0.2, 0.25) is 0 Å². The lowest BCUT2D eigenvalue weighted by atomic mass is 9.74. The molecule has 20 heavy (non-hydrogen) atoms. The zero-order valence-electron chi connectivity index (χ0n) is 11.6. The summed E-state index contributed by atoms with van der Waals surface area (Å²) in [7, 11) is 0. The Labute approximate surface area is 122 Å². The highest BCUT2D eigenvalue weighted by atomic mass is 32.1. The van der Waals surface area contributed by atoms with Gasteiger partial charge >= 0.3 is 0 Å². The van der Waals surface area contributed by atoms with Crippen molar-refractivity contribution < 1.29 is 4.79 Å². The van der Waals surface area contributed by atoms with Crippen LogP contribution in [-0.2, 0) is 4.79 Å². The molecule has 3 N–H and O–H groups in total. The molecule has 1 aliphatic rings. The number of carbonyl (C=O) groups excluding carboxylic acids is 1. The average Bonchev–Trinajstić information content (AvgIpc) is 2.85. The van der Waals surface area contributed by atoms with Crippen molar-refractivity contribution in [2.24, 2.45) is 11.7 Å². The van der Waals surface area contributed by atoms with E-state index in [0.29, 0.717) is 0 Å². The van der Waals surface area contributed by atoms with Gasteiger partial charge in [0.1, 0.15) is 0 Å². The number of carbonyl (C=O) groups is 1. The van der Waals surface area contributed by atoms with Crippen molar-refractivity contribution in [2.45, 2.75) is 38.1 Å². The Hall–Kier alpha value is -1.46. The Morgan fingerprint density at radius 3 is 3.15 bits per heavy atom. The van der Waals surface area contributed by atoms with E-state index in [1.165, 1.54) is 0 Å². The fourth-order valence-electron chi connectivity index (χ4n) is 2.95. The number of amides is 1. The topological polar surface area (TPSA) is 68.0 Å². The molecular formula is C15H19N3OS. The van der Waals surface area contributed by atoms with E-state index in [2.05, 4.69) is 10.3 Å². The van der Waals surface area contributed by atoms with Crippen LogP contribution in [0.4, 0.5) is 5.69 Å². The van der Waals surface area contributed by atoms with Gasteiger partial charge in [-0.25, -0.2) is 4.98 Å². The molecule has 2 unspecified atom stereocenters. The zero-order chi connectivity index (χ0) is 14.2. The van der Waals surface area contributed by atoms with Gasteiger partial charge in [-0.2, -0.15) is 0 Å². The molecule has 5 heteroatoms. The first-order valence-electron chi connectivity index (χ1n) is 6.99. The van der Waals surface area contributed by atoms with Gasteiger partial charge in [-0.05, 0) is 38.0 Å². The van der Waals surface area contributed by atoms with Gasteiger partial charge in [0.05, 0.1) is 21.6 Å². The smallest absolute Gasteiger partial charge is 0.229 e. The predicted octanol–water partition coefficient (Wildman–Crippen LogP) is 3.14. The maximum absolute atomic E-state index is 12.4. The Balaban J connectivity index is 1.77. The minimum absolute atomic E-state index is 0.0317. The fourth-order valence-corrected chi connectivity index (χ4v) is 3.61. The summed E-state index contributed by atoms with van der Waals surface area (Å²) in [6.45, 7) is 1.99. The van der Waals surface area contributed by atoms with Crippen LogP contribution in [0.5, 0.6) is 0 Å². The molecule has 1 fully saturated rings. The highest BCUT2D eigenvalue weighted by Crippen LogP contribution is 2.32. The van der Waals surface area contributed by atoms with Crippen molar-refractivity contribution in [3.8, 4) is 0 Å². The molecule has 1 saturated carbocycles. The van der Waals surface area contributed by atoms with Gasteiger partial charge < -0.3 is 11.1 Å². The van der Waals surface area contributed by atoms with E-state index < -0.39 is 5.54 Å². The second-order valence-corrected chi connectivity index (χ2v) is 6.71. The maximum Gasteiger partial charge on any atom is 0.229 e. The molecule has 1 amide bonds. The Kier molecular flexibility index (Phi) is 3.48. The van der Waals surface area contributed by atoms with Crippen LogP contribution in [0, 0.1) is 5.92 Å². The van der Waals surface area contributed by atoms with Crippen LogP contribution in [0.3, 0.4) is 0 Å². The number of aromatic nitrogens is 1. The minimum Gasteiger partial charge on any atom is -0.326 e. The summed E-state index contributed by atoms with van der Waals surface area (Å²) < 4.78 is 1.13. The monoisotopic (exact) mass is 289 g/mol. The molecule has 0 aliphatic heterocycles. The van der Waals surface area contributed by atoms with Crippen molar-refractivity contribution in [2.75, 3.05) is 5.32 Å². The molecule has 2 aromatic rings. The van der Waals surface area contributed by atoms with Gasteiger partial charge in [-0.3, -0.25) is 4.79 Å². The second kappa shape index (κ2) is 5.14. The van der Waals surface area contributed by atoms with Crippen molar-refractivity contribution in [3.63, 3.8) is 0 Å². The van der Waals surface area contributed by atoms with Gasteiger partial charge in [0.2, 0.25) is 5.91 Å². The molecule has 0 radical (unpaired) electrons. The highest BCUT2D eigenvalue weighted by Gasteiger charge is 2.37. The largest absolute Gasteiger partial charge is 0.326 e. The van der Waals surface area contributed by atoms with Crippen LogP contribution in [0.1, 0.15) is 32.6 Å². The summed E-state index contributed by atoms with van der Waals surface area (Å²) in [6, 6.07) is 5.83. The molecular weight excluding hydrogens is 270 g/mol. The number of hydrogen-bond acceptors (Lipinski definition) is 4. The molecule has 3 rings (SSSR count). The fraction of sp³-hybridized carbons (Fsp3) is 0.467. The van der Waals surface area contributed by atoms with Gasteiger partial charge in [0, 0.05) is 11.2 Å². The third-order valence-electron chi connectivity index (χ3n) is 4.17. The lowest BCUT2D eigenvalue weighted by Gasteiger charge is -2.37. The zero-order valence-corrected chi connectivity index (χ0v) is 12.4. The predicted molar refractivity (Wildman–Crippen MR) is 82.8 cm³/mol. The lowest BCUT2D eigenvalue weighted by Crippen LogP contribution is -2.51. The summed E-state index contributed by atoms with van der Waals surface area (Å²) in [5.41, 5.74) is 9.42. The number of nitrogens with zero attached hydrogens (tertiary/aromatic N) is 1. The van der Waals surface area contributed by atoms with E-state index in [0.717, 1.165) is 41.6 Å². The number of rotatable bonds is 2. The van der Waals surface area contributed by atoms with E-state index in [4.69, 9.17) is 5.73 Å². The Bertz CT molecular complexity index is 635. The van der Waals surface area contributed by atoms with Gasteiger partial charge in [-0.1, -0.05) is 12.8 Å². The third-order valence-corrected chi connectivity index (χ3v) is 4.98. The normalized spacial score (nSPS) is 26.6. The van der Waals surface area contributed by atoms with Crippen molar-refractivity contribution >= 4 is 33.1 Å². The van der Waals surface area contributed by atoms with Crippen molar-refractivity contribution in [3.05, 3.63) is 23.7 Å². The number of nitrogens with one attached hydrogen (secondary N) is 1. The lowest BCUT2D eigenvalue weighted by molar-refractivity contribution is -0.122. The summed E-state index contributed by atoms with van der Waals surface area (Å²) in [5, 5.41) is 2.99. The van der Waals surface area contributed by atoms with E-state index in [9.17, 15) is 4.79 Å². The molecule has 2 atom stereocenters. The maximum atomic E-state index is 12.4. The molecule has 1 aromatic heterocycles. The average molecular weight is 289 g/mol. The van der Waals surface area contributed by atoms with Crippen LogP contribution >= 0.6 is 11.3 Å². The van der Waals surface area contributed by atoms with Crippen LogP contribution in [0.25, 0.3) is 10.2 Å². The Morgan fingerprint density at radius 1 is 1.50 bits per heavy atom. The van der Waals surface area contributed by atoms with E-state index >= 15 is 0 Å². The SMILES string of the molecule is CC1(N)CCCCC1C(=O)Nc1ccc2scnc2c1. The van der Waals surface area contributed by atoms with E-state index in [-0.39, 0.29) is 11.8 Å². The van der Waals surface area contributed by atoms with Crippen LogP contribution in [0.15, 0.2) is 23.7 Å². The van der Waals surface area contributed by atoms with Gasteiger partial charge in [-0.15, -0.1) is 11.3 Å². The molecule has 1 heterocycles. The van der Waals surface area contributed by atoms with Gasteiger partial charge in [0.25, 0.3) is 0 Å². The van der Waals surface area contributed by atoms with E-state index in [1.54, 1.807) is 11.3 Å². The summed E-state index contributed by atoms with van der Waals surface area (Å²) >= 11 is 1.60. The molecule has 0 spiro atoms. The van der Waals surface area contributed by atoms with Crippen LogP contribution < -0.4 is 11.1 Å². The molecule has 1 aromatic carbocycles. The van der Waals surface area contributed by atoms with Gasteiger partial charge in [0.15, 0.2) is 0 Å². The summed E-state index contributed by atoms with van der Waals surface area (Å²) in [6.07, 6.45) is 3.98. The molecule has 0 bridgehead atoms. The summed E-state index contributed by atoms with van der Waals surface area (Å²) in [4.78, 5) is 16.7. The third kappa shape index (κ3) is 2.55. The highest BCUT2D eigenvalue weighted by molar-refractivity contribution is 7.16. The quantitative estimate of drug-likeness (QED) is 0.892. The first-order valence-corrected chi connectivity index (χ1v) is 7.87. The summed E-state index contributed by atoms with van der Waals surface area (Å²) in [5.74, 6) is -0.0772. The number of benzene rings is 1. The molecule has 4 nitrogen and oxygen atoms in total. The van der Waals surface area contributed by atoms with Crippen molar-refractivity contribution in [1.82, 2.24) is 4.98 Å². The first-order chi connectivity index (χ1) is 9.56. The molecule has 0 saturated heterocycles. The number of fused-ring (bicyclic) bond motifs is 1. The van der Waals surface area contributed by atoms with E-state index in [1.807, 2.05) is 30.6 Å². The number of anilines is 1. The van der Waals surface area contributed by atoms with Crippen LogP contribution in [-0.4, -0.2) is 16.4 Å². The second-order valence-electron chi connectivity index (χ2n) is 5.83. The number of thiazole rings is 1. The number of nitrogens with two attached hydrogens (primary N) is 1. The van der Waals surface area contributed by atoms with Crippen molar-refractivity contribution in [1.29, 1.82) is 0 Å². The standard InChI is InChI=1S/C15H19N3OS/c1-15(16)7-3-2-4-11(15)14(19)18-10-5-6-13-12(8-10)17-9-20-13/h5-6,8-9,11H,2-4,7,16H2,1H3,(H,18,19). The Morgan fingerprint density at radius 2 is 2.35 bits per heavy atom. The molecule has 106 valence electrons. The number of hydrogen-bond donors (Lipinski definition) is 2.